The van der Waals surface area contributed by atoms with Gasteiger partial charge in [-0.15, -0.1) is 5.48 Å². The molecule has 0 aromatic heterocycles. The third-order valence-electron chi connectivity index (χ3n) is 1.98. The van der Waals surface area contributed by atoms with Gasteiger partial charge < -0.3 is 20.8 Å². The van der Waals surface area contributed by atoms with Crippen LogP contribution in [0.1, 0.15) is 13.8 Å². The van der Waals surface area contributed by atoms with Crippen molar-refractivity contribution in [1.29, 1.82) is 0 Å². The molecule has 6 heteroatoms. The number of nitrogens with one attached hydrogen (secondary N) is 1. The molecule has 1 rings (SSSR count). The fourth-order valence-electron chi connectivity index (χ4n) is 1.22. The molecule has 2 atom stereocenters. The molecule has 5 N–H and O–H groups in total. The van der Waals surface area contributed by atoms with Gasteiger partial charge in [-0.2, -0.15) is 0 Å². The van der Waals surface area contributed by atoms with Crippen molar-refractivity contribution in [2.75, 3.05) is 0 Å². The molecule has 0 radical (unpaired) electrons. The van der Waals surface area contributed by atoms with Gasteiger partial charge in [0, 0.05) is 5.57 Å². The Bertz CT molecular complexity index is 272. The number of aliphatic carboxylic acids is 1. The van der Waals surface area contributed by atoms with Crippen molar-refractivity contribution >= 4 is 5.97 Å². The molecule has 0 aliphatic carbocycles. The molecule has 0 aromatic carbocycles. The maximum Gasteiger partial charge on any atom is 0.328 e. The summed E-state index contributed by atoms with van der Waals surface area (Å²) >= 11 is 0. The molecule has 0 amide bonds. The SMILES string of the molecule is CC1=C(C(C)(N)C(=O)O)C(O)NO1. The zero-order chi connectivity index (χ0) is 10.2. The van der Waals surface area contributed by atoms with Gasteiger partial charge in [0.15, 0.2) is 6.23 Å². The quantitative estimate of drug-likeness (QED) is 0.439. The number of carbonyl (C=O) groups is 1. The first-order valence-corrected chi connectivity index (χ1v) is 3.71. The highest BCUT2D eigenvalue weighted by Gasteiger charge is 2.41. The molecular formula is C7H12N2O4. The second kappa shape index (κ2) is 2.99. The summed E-state index contributed by atoms with van der Waals surface area (Å²) in [6.07, 6.45) is -1.16. The lowest BCUT2D eigenvalue weighted by molar-refractivity contribution is -0.141. The molecule has 1 aliphatic heterocycles. The largest absolute Gasteiger partial charge is 0.480 e. The van der Waals surface area contributed by atoms with E-state index in [1.54, 1.807) is 0 Å². The summed E-state index contributed by atoms with van der Waals surface area (Å²) in [5, 5.41) is 18.1. The summed E-state index contributed by atoms with van der Waals surface area (Å²) in [6.45, 7) is 2.83. The molecule has 6 nitrogen and oxygen atoms in total. The Labute approximate surface area is 74.9 Å². The van der Waals surface area contributed by atoms with Crippen molar-refractivity contribution in [2.45, 2.75) is 25.6 Å². The Balaban J connectivity index is 3.06. The second-order valence-electron chi connectivity index (χ2n) is 3.10. The molecule has 1 aliphatic rings. The van der Waals surface area contributed by atoms with E-state index in [0.29, 0.717) is 5.76 Å². The van der Waals surface area contributed by atoms with E-state index in [2.05, 4.69) is 5.48 Å². The Morgan fingerprint density at radius 2 is 2.31 bits per heavy atom. The van der Waals surface area contributed by atoms with Crippen LogP contribution in [-0.4, -0.2) is 27.9 Å². The van der Waals surface area contributed by atoms with Gasteiger partial charge in [0.05, 0.1) is 0 Å². The van der Waals surface area contributed by atoms with Crippen LogP contribution in [0.3, 0.4) is 0 Å². The lowest BCUT2D eigenvalue weighted by Crippen LogP contribution is -2.50. The van der Waals surface area contributed by atoms with Crippen molar-refractivity contribution in [1.82, 2.24) is 5.48 Å². The molecule has 0 aromatic rings. The zero-order valence-corrected chi connectivity index (χ0v) is 7.37. The van der Waals surface area contributed by atoms with Crippen LogP contribution in [0.4, 0.5) is 0 Å². The lowest BCUT2D eigenvalue weighted by Gasteiger charge is -2.22. The van der Waals surface area contributed by atoms with Crippen molar-refractivity contribution < 1.29 is 19.8 Å². The zero-order valence-electron chi connectivity index (χ0n) is 7.37. The minimum absolute atomic E-state index is 0.139. The Morgan fingerprint density at radius 3 is 2.62 bits per heavy atom. The highest BCUT2D eigenvalue weighted by molar-refractivity contribution is 5.82. The average Bonchev–Trinajstić information content (AvgIpc) is 2.30. The molecular weight excluding hydrogens is 176 g/mol. The monoisotopic (exact) mass is 188 g/mol. The number of rotatable bonds is 2. The number of carboxylic acid groups (broad SMARTS) is 1. The standard InChI is InChI=1S/C7H12N2O4/c1-3-4(5(10)9-13-3)7(2,8)6(11)12/h5,9-10H,8H2,1-2H3,(H,11,12). The van der Waals surface area contributed by atoms with Gasteiger partial charge in [-0.05, 0) is 13.8 Å². The molecule has 0 fully saturated rings. The van der Waals surface area contributed by atoms with Gasteiger partial charge >= 0.3 is 5.97 Å². The number of allylic oxidation sites excluding steroid dienone is 1. The van der Waals surface area contributed by atoms with E-state index in [1.165, 1.54) is 13.8 Å². The highest BCUT2D eigenvalue weighted by Crippen LogP contribution is 2.25. The van der Waals surface area contributed by atoms with E-state index in [-0.39, 0.29) is 5.57 Å². The minimum atomic E-state index is -1.62. The number of hydroxylamine groups is 1. The number of hydrogen-bond donors (Lipinski definition) is 4. The fourth-order valence-corrected chi connectivity index (χ4v) is 1.22. The van der Waals surface area contributed by atoms with Gasteiger partial charge in [0.25, 0.3) is 0 Å². The maximum atomic E-state index is 10.7. The number of aliphatic hydroxyl groups is 1. The molecule has 0 saturated carbocycles. The maximum absolute atomic E-state index is 10.7. The van der Waals surface area contributed by atoms with Crippen molar-refractivity contribution in [2.24, 2.45) is 5.73 Å². The topological polar surface area (TPSA) is 105 Å². The third kappa shape index (κ3) is 1.51. The van der Waals surface area contributed by atoms with Crippen LogP contribution < -0.4 is 11.2 Å². The van der Waals surface area contributed by atoms with E-state index >= 15 is 0 Å². The number of aliphatic hydroxyl groups excluding tert-OH is 1. The summed E-state index contributed by atoms with van der Waals surface area (Å²) < 4.78 is 0. The van der Waals surface area contributed by atoms with Gasteiger partial charge in [-0.3, -0.25) is 0 Å². The first-order chi connectivity index (χ1) is 5.87. The summed E-state index contributed by atoms with van der Waals surface area (Å²) in [5.41, 5.74) is 6.25. The van der Waals surface area contributed by atoms with E-state index in [9.17, 15) is 9.90 Å². The highest BCUT2D eigenvalue weighted by atomic mass is 16.7. The second-order valence-corrected chi connectivity index (χ2v) is 3.10. The van der Waals surface area contributed by atoms with E-state index < -0.39 is 17.7 Å². The first kappa shape index (κ1) is 9.97. The summed E-state index contributed by atoms with van der Waals surface area (Å²) in [6, 6.07) is 0. The van der Waals surface area contributed by atoms with Crippen molar-refractivity contribution in [3.8, 4) is 0 Å². The van der Waals surface area contributed by atoms with E-state index in [0.717, 1.165) is 0 Å². The molecule has 0 saturated heterocycles. The molecule has 13 heavy (non-hydrogen) atoms. The number of hydrogen-bond acceptors (Lipinski definition) is 5. The van der Waals surface area contributed by atoms with Crippen LogP contribution >= 0.6 is 0 Å². The minimum Gasteiger partial charge on any atom is -0.480 e. The van der Waals surface area contributed by atoms with Gasteiger partial charge in [0.2, 0.25) is 0 Å². The number of nitrogens with two attached hydrogens (primary N) is 1. The van der Waals surface area contributed by atoms with Crippen LogP contribution in [0, 0.1) is 0 Å². The summed E-state index contributed by atoms with van der Waals surface area (Å²) in [7, 11) is 0. The molecule has 0 bridgehead atoms. The molecule has 2 unspecified atom stereocenters. The van der Waals surface area contributed by atoms with Crippen LogP contribution in [0.2, 0.25) is 0 Å². The third-order valence-corrected chi connectivity index (χ3v) is 1.98. The molecule has 0 spiro atoms. The Kier molecular flexibility index (Phi) is 2.29. The van der Waals surface area contributed by atoms with Crippen LogP contribution in [0.5, 0.6) is 0 Å². The molecule has 74 valence electrons. The summed E-state index contributed by atoms with van der Waals surface area (Å²) in [4.78, 5) is 15.5. The predicted molar refractivity (Wildman–Crippen MR) is 43.2 cm³/mol. The smallest absolute Gasteiger partial charge is 0.328 e. The average molecular weight is 188 g/mol. The van der Waals surface area contributed by atoms with Gasteiger partial charge in [-0.1, -0.05) is 0 Å². The fraction of sp³-hybridized carbons (Fsp3) is 0.571. The Hall–Kier alpha value is -1.11. The van der Waals surface area contributed by atoms with Crippen LogP contribution in [-0.2, 0) is 9.63 Å². The molecule has 1 heterocycles. The van der Waals surface area contributed by atoms with Crippen LogP contribution in [0.25, 0.3) is 0 Å². The Morgan fingerprint density at radius 1 is 1.77 bits per heavy atom. The normalized spacial score (nSPS) is 26.9. The lowest BCUT2D eigenvalue weighted by atomic mass is 9.91. The van der Waals surface area contributed by atoms with Crippen molar-refractivity contribution in [3.05, 3.63) is 11.3 Å². The van der Waals surface area contributed by atoms with Crippen molar-refractivity contribution in [3.63, 3.8) is 0 Å². The van der Waals surface area contributed by atoms with E-state index in [4.69, 9.17) is 15.7 Å². The summed E-state index contributed by atoms with van der Waals surface area (Å²) in [5.74, 6) is -0.923. The first-order valence-electron chi connectivity index (χ1n) is 3.71. The van der Waals surface area contributed by atoms with Crippen LogP contribution in [0.15, 0.2) is 11.3 Å². The van der Waals surface area contributed by atoms with Gasteiger partial charge in [-0.25, -0.2) is 4.79 Å². The van der Waals surface area contributed by atoms with E-state index in [1.807, 2.05) is 0 Å². The predicted octanol–water partition coefficient (Wildman–Crippen LogP) is -1.08. The van der Waals surface area contributed by atoms with Gasteiger partial charge in [0.1, 0.15) is 11.3 Å². The number of carboxylic acids is 1.